The van der Waals surface area contributed by atoms with Crippen molar-refractivity contribution in [3.63, 3.8) is 0 Å². The largest absolute Gasteiger partial charge is 0.494 e. The first kappa shape index (κ1) is 13.5. The summed E-state index contributed by atoms with van der Waals surface area (Å²) in [5, 5.41) is 0. The van der Waals surface area contributed by atoms with Gasteiger partial charge >= 0.3 is 5.97 Å². The molecule has 0 aliphatic rings. The zero-order valence-corrected chi connectivity index (χ0v) is 10.4. The third-order valence-corrected chi connectivity index (χ3v) is 2.40. The lowest BCUT2D eigenvalue weighted by molar-refractivity contribution is -0.152. The number of rotatable bonds is 6. The number of ether oxygens (including phenoxy) is 3. The fourth-order valence-corrected chi connectivity index (χ4v) is 1.50. The number of hydrogen-bond donors (Lipinski definition) is 0. The molecule has 0 saturated carbocycles. The van der Waals surface area contributed by atoms with Crippen molar-refractivity contribution in [1.29, 1.82) is 0 Å². The topological polar surface area (TPSA) is 44.8 Å². The molecule has 0 aliphatic heterocycles. The minimum Gasteiger partial charge on any atom is -0.494 e. The second-order valence-electron chi connectivity index (χ2n) is 3.53. The first-order chi connectivity index (χ1) is 8.21. The lowest BCUT2D eigenvalue weighted by atomic mass is 10.1. The molecule has 0 saturated heterocycles. The van der Waals surface area contributed by atoms with E-state index >= 15 is 0 Å². The number of carbonyl (C=O) groups excluding carboxylic acids is 1. The van der Waals surface area contributed by atoms with Crippen molar-refractivity contribution in [3.05, 3.63) is 29.8 Å². The van der Waals surface area contributed by atoms with Crippen LogP contribution in [0.2, 0.25) is 0 Å². The number of methoxy groups -OCH3 is 2. The Kier molecular flexibility index (Phi) is 5.49. The van der Waals surface area contributed by atoms with E-state index in [0.29, 0.717) is 13.0 Å². The molecule has 0 heterocycles. The van der Waals surface area contributed by atoms with Gasteiger partial charge in [-0.2, -0.15) is 0 Å². The predicted octanol–water partition coefficient (Wildman–Crippen LogP) is 1.82. The summed E-state index contributed by atoms with van der Waals surface area (Å²) >= 11 is 0. The first-order valence-corrected chi connectivity index (χ1v) is 5.53. The van der Waals surface area contributed by atoms with Crippen LogP contribution in [0.25, 0.3) is 0 Å². The van der Waals surface area contributed by atoms with Gasteiger partial charge in [-0.15, -0.1) is 0 Å². The molecule has 0 fully saturated rings. The standard InChI is InChI=1S/C13H18O4/c1-4-17-11-7-5-10(6-8-11)9-12(15-2)13(14)16-3/h5-8,12H,4,9H2,1-3H3/t12-/m0/s1. The Labute approximate surface area is 101 Å². The van der Waals surface area contributed by atoms with Gasteiger partial charge in [-0.05, 0) is 24.6 Å². The summed E-state index contributed by atoms with van der Waals surface area (Å²) in [6, 6.07) is 7.59. The van der Waals surface area contributed by atoms with E-state index in [1.54, 1.807) is 0 Å². The van der Waals surface area contributed by atoms with E-state index in [9.17, 15) is 4.79 Å². The lowest BCUT2D eigenvalue weighted by Crippen LogP contribution is -2.26. The molecule has 0 aliphatic carbocycles. The Hall–Kier alpha value is -1.55. The van der Waals surface area contributed by atoms with Crippen LogP contribution in [-0.4, -0.2) is 32.9 Å². The van der Waals surface area contributed by atoms with Gasteiger partial charge in [0.2, 0.25) is 0 Å². The molecule has 1 atom stereocenters. The maximum Gasteiger partial charge on any atom is 0.335 e. The van der Waals surface area contributed by atoms with Crippen molar-refractivity contribution in [2.24, 2.45) is 0 Å². The molecule has 0 aromatic heterocycles. The molecule has 0 N–H and O–H groups in total. The van der Waals surface area contributed by atoms with E-state index < -0.39 is 6.10 Å². The quantitative estimate of drug-likeness (QED) is 0.709. The van der Waals surface area contributed by atoms with Gasteiger partial charge in [0.05, 0.1) is 13.7 Å². The average Bonchev–Trinajstić information content (AvgIpc) is 2.37. The molecule has 0 unspecified atom stereocenters. The summed E-state index contributed by atoms with van der Waals surface area (Å²) in [6.07, 6.45) is -0.0618. The van der Waals surface area contributed by atoms with Crippen molar-refractivity contribution >= 4 is 5.97 Å². The van der Waals surface area contributed by atoms with Gasteiger partial charge in [-0.1, -0.05) is 12.1 Å². The van der Waals surface area contributed by atoms with Crippen LogP contribution in [0.5, 0.6) is 5.75 Å². The lowest BCUT2D eigenvalue weighted by Gasteiger charge is -2.13. The summed E-state index contributed by atoms with van der Waals surface area (Å²) in [5.74, 6) is 0.463. The van der Waals surface area contributed by atoms with E-state index in [0.717, 1.165) is 11.3 Å². The number of carbonyl (C=O) groups is 1. The smallest absolute Gasteiger partial charge is 0.335 e. The number of esters is 1. The van der Waals surface area contributed by atoms with E-state index in [4.69, 9.17) is 9.47 Å². The van der Waals surface area contributed by atoms with Crippen LogP contribution in [0.1, 0.15) is 12.5 Å². The van der Waals surface area contributed by atoms with Gasteiger partial charge in [0.25, 0.3) is 0 Å². The first-order valence-electron chi connectivity index (χ1n) is 5.53. The summed E-state index contributed by atoms with van der Waals surface area (Å²) in [7, 11) is 2.85. The van der Waals surface area contributed by atoms with Crippen molar-refractivity contribution in [2.45, 2.75) is 19.4 Å². The zero-order chi connectivity index (χ0) is 12.7. The molecule has 94 valence electrons. The minimum absolute atomic E-state index is 0.360. The molecule has 0 radical (unpaired) electrons. The van der Waals surface area contributed by atoms with Gasteiger partial charge in [-0.3, -0.25) is 0 Å². The monoisotopic (exact) mass is 238 g/mol. The molecule has 17 heavy (non-hydrogen) atoms. The molecule has 4 heteroatoms. The molecule has 0 spiro atoms. The highest BCUT2D eigenvalue weighted by Crippen LogP contribution is 2.14. The molecule has 0 bridgehead atoms. The molecular formula is C13H18O4. The van der Waals surface area contributed by atoms with Gasteiger partial charge in [0.15, 0.2) is 6.10 Å². The molecule has 1 aromatic rings. The highest BCUT2D eigenvalue weighted by molar-refractivity contribution is 5.74. The Balaban J connectivity index is 2.64. The van der Waals surface area contributed by atoms with E-state index in [2.05, 4.69) is 4.74 Å². The van der Waals surface area contributed by atoms with Crippen LogP contribution < -0.4 is 4.74 Å². The minimum atomic E-state index is -0.557. The Morgan fingerprint density at radius 1 is 1.24 bits per heavy atom. The number of benzene rings is 1. The van der Waals surface area contributed by atoms with Crippen molar-refractivity contribution in [2.75, 3.05) is 20.8 Å². The predicted molar refractivity (Wildman–Crippen MR) is 64.1 cm³/mol. The normalized spacial score (nSPS) is 11.9. The van der Waals surface area contributed by atoms with Crippen LogP contribution in [0.3, 0.4) is 0 Å². The average molecular weight is 238 g/mol. The highest BCUT2D eigenvalue weighted by Gasteiger charge is 2.18. The SMILES string of the molecule is CCOc1ccc(C[C@H](OC)C(=O)OC)cc1. The molecule has 0 amide bonds. The molecule has 4 nitrogen and oxygen atoms in total. The zero-order valence-electron chi connectivity index (χ0n) is 10.4. The van der Waals surface area contributed by atoms with E-state index in [1.165, 1.54) is 14.2 Å². The third-order valence-electron chi connectivity index (χ3n) is 2.40. The van der Waals surface area contributed by atoms with Gasteiger partial charge < -0.3 is 14.2 Å². The fraction of sp³-hybridized carbons (Fsp3) is 0.462. The van der Waals surface area contributed by atoms with E-state index in [-0.39, 0.29) is 5.97 Å². The van der Waals surface area contributed by atoms with Crippen LogP contribution in [0, 0.1) is 0 Å². The van der Waals surface area contributed by atoms with Gasteiger partial charge in [-0.25, -0.2) is 4.79 Å². The fourth-order valence-electron chi connectivity index (χ4n) is 1.50. The van der Waals surface area contributed by atoms with Gasteiger partial charge in [0, 0.05) is 13.5 Å². The van der Waals surface area contributed by atoms with Crippen molar-refractivity contribution in [1.82, 2.24) is 0 Å². The Morgan fingerprint density at radius 2 is 1.88 bits per heavy atom. The maximum absolute atomic E-state index is 11.3. The number of hydrogen-bond acceptors (Lipinski definition) is 4. The summed E-state index contributed by atoms with van der Waals surface area (Å²) in [6.45, 7) is 2.58. The molecule has 1 aromatic carbocycles. The molecule has 1 rings (SSSR count). The summed E-state index contributed by atoms with van der Waals surface area (Å²) < 4.78 is 15.1. The van der Waals surface area contributed by atoms with Crippen LogP contribution in [0.4, 0.5) is 0 Å². The third kappa shape index (κ3) is 4.07. The second-order valence-corrected chi connectivity index (χ2v) is 3.53. The van der Waals surface area contributed by atoms with Gasteiger partial charge in [0.1, 0.15) is 5.75 Å². The van der Waals surface area contributed by atoms with Crippen LogP contribution >= 0.6 is 0 Å². The van der Waals surface area contributed by atoms with Crippen LogP contribution in [-0.2, 0) is 20.7 Å². The van der Waals surface area contributed by atoms with Crippen molar-refractivity contribution in [3.8, 4) is 5.75 Å². The summed E-state index contributed by atoms with van der Waals surface area (Å²) in [4.78, 5) is 11.3. The Morgan fingerprint density at radius 3 is 2.35 bits per heavy atom. The second kappa shape index (κ2) is 6.91. The summed E-state index contributed by atoms with van der Waals surface area (Å²) in [5.41, 5.74) is 1.01. The van der Waals surface area contributed by atoms with Crippen molar-refractivity contribution < 1.29 is 19.0 Å². The maximum atomic E-state index is 11.3. The van der Waals surface area contributed by atoms with E-state index in [1.807, 2.05) is 31.2 Å². The Bertz CT molecular complexity index is 345. The molecular weight excluding hydrogens is 220 g/mol. The van der Waals surface area contributed by atoms with Crippen LogP contribution in [0.15, 0.2) is 24.3 Å². The highest BCUT2D eigenvalue weighted by atomic mass is 16.6.